The number of hydrogen-bond acceptors (Lipinski definition) is 9. The Hall–Kier alpha value is -3.44. The van der Waals surface area contributed by atoms with Crippen LogP contribution in [0.2, 0.25) is 0 Å². The SMILES string of the molecule is CCSc1nnc(NC(=O)COC(=O)C[C@@H](NC(=O)c2ccccc2)c2cccc(OC)c2)s1. The van der Waals surface area contributed by atoms with Gasteiger partial charge in [-0.1, -0.05) is 60.4 Å². The predicted octanol–water partition coefficient (Wildman–Crippen LogP) is 3.70. The number of carbonyl (C=O) groups excluding carboxylic acids is 3. The van der Waals surface area contributed by atoms with E-state index in [4.69, 9.17) is 9.47 Å². The van der Waals surface area contributed by atoms with E-state index >= 15 is 0 Å². The summed E-state index contributed by atoms with van der Waals surface area (Å²) in [6.07, 6.45) is -0.172. The number of nitrogens with one attached hydrogen (secondary N) is 2. The van der Waals surface area contributed by atoms with Crippen LogP contribution in [0.25, 0.3) is 0 Å². The maximum atomic E-state index is 12.7. The van der Waals surface area contributed by atoms with Crippen LogP contribution in [0.5, 0.6) is 5.75 Å². The fourth-order valence-corrected chi connectivity index (χ4v) is 4.58. The Morgan fingerprint density at radius 2 is 1.88 bits per heavy atom. The van der Waals surface area contributed by atoms with Gasteiger partial charge in [-0.3, -0.25) is 19.7 Å². The van der Waals surface area contributed by atoms with Crippen molar-refractivity contribution in [2.24, 2.45) is 0 Å². The maximum absolute atomic E-state index is 12.7. The zero-order chi connectivity index (χ0) is 24.3. The second-order valence-corrected chi connectivity index (χ2v) is 9.38. The molecule has 1 heterocycles. The molecule has 1 aromatic heterocycles. The summed E-state index contributed by atoms with van der Waals surface area (Å²) in [7, 11) is 1.53. The van der Waals surface area contributed by atoms with Crippen molar-refractivity contribution < 1.29 is 23.9 Å². The zero-order valence-electron chi connectivity index (χ0n) is 18.6. The molecule has 0 unspecified atom stereocenters. The minimum atomic E-state index is -0.685. The molecule has 0 saturated heterocycles. The van der Waals surface area contributed by atoms with E-state index in [9.17, 15) is 14.4 Å². The van der Waals surface area contributed by atoms with Gasteiger partial charge < -0.3 is 14.8 Å². The molecule has 34 heavy (non-hydrogen) atoms. The molecule has 178 valence electrons. The largest absolute Gasteiger partial charge is 0.497 e. The lowest BCUT2D eigenvalue weighted by molar-refractivity contribution is -0.147. The first kappa shape index (κ1) is 25.2. The van der Waals surface area contributed by atoms with Crippen LogP contribution in [-0.4, -0.2) is 47.5 Å². The Morgan fingerprint density at radius 3 is 2.62 bits per heavy atom. The molecule has 0 radical (unpaired) electrons. The molecule has 0 aliphatic rings. The van der Waals surface area contributed by atoms with E-state index in [1.807, 2.05) is 13.0 Å². The van der Waals surface area contributed by atoms with Crippen LogP contribution in [0, 0.1) is 0 Å². The third kappa shape index (κ3) is 7.56. The summed E-state index contributed by atoms with van der Waals surface area (Å²) in [4.78, 5) is 37.4. The number of carbonyl (C=O) groups is 3. The number of aromatic nitrogens is 2. The van der Waals surface area contributed by atoms with Crippen LogP contribution in [0.3, 0.4) is 0 Å². The van der Waals surface area contributed by atoms with Gasteiger partial charge in [0.15, 0.2) is 10.9 Å². The zero-order valence-corrected chi connectivity index (χ0v) is 20.3. The molecule has 0 fully saturated rings. The summed E-state index contributed by atoms with van der Waals surface area (Å²) < 4.78 is 11.1. The van der Waals surface area contributed by atoms with Gasteiger partial charge in [-0.2, -0.15) is 0 Å². The van der Waals surface area contributed by atoms with Crippen LogP contribution in [0.15, 0.2) is 58.9 Å². The maximum Gasteiger partial charge on any atom is 0.308 e. The topological polar surface area (TPSA) is 120 Å². The van der Waals surface area contributed by atoms with Crippen LogP contribution in [0.4, 0.5) is 5.13 Å². The lowest BCUT2D eigenvalue weighted by Crippen LogP contribution is -2.31. The standard InChI is InChI=1S/C23H24N4O5S2/c1-3-33-23-27-26-22(34-23)25-19(28)14-32-20(29)13-18(16-10-7-11-17(12-16)31-2)24-21(30)15-8-5-4-6-9-15/h4-12,18H,3,13-14H2,1-2H3,(H,24,30)(H,25,26,28)/t18-/m1/s1. The van der Waals surface area contributed by atoms with Crippen molar-refractivity contribution in [2.45, 2.75) is 23.7 Å². The molecule has 9 nitrogen and oxygen atoms in total. The number of methoxy groups -OCH3 is 1. The smallest absolute Gasteiger partial charge is 0.308 e. The van der Waals surface area contributed by atoms with Gasteiger partial charge in [0.25, 0.3) is 11.8 Å². The Bertz CT molecular complexity index is 1120. The van der Waals surface area contributed by atoms with E-state index in [0.29, 0.717) is 22.0 Å². The summed E-state index contributed by atoms with van der Waals surface area (Å²) in [5, 5.41) is 13.6. The van der Waals surface area contributed by atoms with E-state index in [1.54, 1.807) is 48.5 Å². The minimum absolute atomic E-state index is 0.172. The molecule has 3 aromatic rings. The molecule has 0 aliphatic heterocycles. The van der Waals surface area contributed by atoms with E-state index in [2.05, 4.69) is 20.8 Å². The fraction of sp³-hybridized carbons (Fsp3) is 0.261. The molecule has 3 rings (SSSR count). The van der Waals surface area contributed by atoms with Gasteiger partial charge >= 0.3 is 5.97 Å². The average molecular weight is 501 g/mol. The minimum Gasteiger partial charge on any atom is -0.497 e. The Balaban J connectivity index is 1.61. The number of esters is 1. The molecular formula is C23H24N4O5S2. The first-order chi connectivity index (χ1) is 16.5. The van der Waals surface area contributed by atoms with Crippen molar-refractivity contribution in [1.82, 2.24) is 15.5 Å². The summed E-state index contributed by atoms with van der Waals surface area (Å²) >= 11 is 2.76. The van der Waals surface area contributed by atoms with E-state index in [0.717, 1.165) is 10.1 Å². The van der Waals surface area contributed by atoms with Gasteiger partial charge in [0, 0.05) is 5.56 Å². The highest BCUT2D eigenvalue weighted by atomic mass is 32.2. The summed E-state index contributed by atoms with van der Waals surface area (Å²) in [5.74, 6) is -0.0763. The predicted molar refractivity (Wildman–Crippen MR) is 130 cm³/mol. The van der Waals surface area contributed by atoms with Crippen LogP contribution in [0.1, 0.15) is 35.3 Å². The highest BCUT2D eigenvalue weighted by Crippen LogP contribution is 2.25. The molecular weight excluding hydrogens is 476 g/mol. The summed E-state index contributed by atoms with van der Waals surface area (Å²) in [5.41, 5.74) is 1.13. The van der Waals surface area contributed by atoms with Gasteiger partial charge in [-0.25, -0.2) is 0 Å². The Kier molecular flexibility index (Phi) is 9.41. The van der Waals surface area contributed by atoms with E-state index in [1.165, 1.54) is 30.2 Å². The number of anilines is 1. The van der Waals surface area contributed by atoms with Crippen LogP contribution in [-0.2, 0) is 14.3 Å². The molecule has 2 aromatic carbocycles. The number of rotatable bonds is 11. The number of nitrogens with zero attached hydrogens (tertiary/aromatic N) is 2. The molecule has 1 atom stereocenters. The number of ether oxygens (including phenoxy) is 2. The Morgan fingerprint density at radius 1 is 1.09 bits per heavy atom. The number of amides is 2. The molecule has 11 heteroatoms. The fourth-order valence-electron chi connectivity index (χ4n) is 2.91. The normalized spacial score (nSPS) is 11.4. The number of benzene rings is 2. The second-order valence-electron chi connectivity index (χ2n) is 6.89. The van der Waals surface area contributed by atoms with Gasteiger partial charge in [0.2, 0.25) is 5.13 Å². The second kappa shape index (κ2) is 12.7. The highest BCUT2D eigenvalue weighted by molar-refractivity contribution is 8.01. The number of thioether (sulfide) groups is 1. The molecule has 2 amide bonds. The first-order valence-electron chi connectivity index (χ1n) is 10.4. The van der Waals surface area contributed by atoms with Crippen molar-refractivity contribution in [2.75, 3.05) is 24.8 Å². The monoisotopic (exact) mass is 500 g/mol. The summed E-state index contributed by atoms with van der Waals surface area (Å²) in [6, 6.07) is 15.0. The third-order valence-electron chi connectivity index (χ3n) is 4.49. The van der Waals surface area contributed by atoms with Crippen LogP contribution >= 0.6 is 23.1 Å². The first-order valence-corrected chi connectivity index (χ1v) is 12.2. The lowest BCUT2D eigenvalue weighted by atomic mass is 10.0. The molecule has 2 N–H and O–H groups in total. The molecule has 0 bridgehead atoms. The highest BCUT2D eigenvalue weighted by Gasteiger charge is 2.21. The third-order valence-corrected chi connectivity index (χ3v) is 6.35. The van der Waals surface area contributed by atoms with Gasteiger partial charge in [-0.15, -0.1) is 10.2 Å². The van der Waals surface area contributed by atoms with Crippen molar-refractivity contribution in [3.63, 3.8) is 0 Å². The van der Waals surface area contributed by atoms with Crippen molar-refractivity contribution in [1.29, 1.82) is 0 Å². The van der Waals surface area contributed by atoms with Gasteiger partial charge in [0.1, 0.15) is 5.75 Å². The number of hydrogen-bond donors (Lipinski definition) is 2. The summed E-state index contributed by atoms with van der Waals surface area (Å²) in [6.45, 7) is 1.51. The van der Waals surface area contributed by atoms with E-state index in [-0.39, 0.29) is 12.3 Å². The molecule has 0 saturated carbocycles. The average Bonchev–Trinajstić information content (AvgIpc) is 3.29. The molecule has 0 aliphatic carbocycles. The van der Waals surface area contributed by atoms with Crippen LogP contribution < -0.4 is 15.4 Å². The van der Waals surface area contributed by atoms with Gasteiger partial charge in [-0.05, 0) is 35.6 Å². The lowest BCUT2D eigenvalue weighted by Gasteiger charge is -2.19. The van der Waals surface area contributed by atoms with Gasteiger partial charge in [0.05, 0.1) is 19.6 Å². The van der Waals surface area contributed by atoms with Crippen molar-refractivity contribution in [3.05, 3.63) is 65.7 Å². The molecule has 0 spiro atoms. The quantitative estimate of drug-likeness (QED) is 0.232. The Labute approximate surface area is 205 Å². The van der Waals surface area contributed by atoms with Crippen molar-refractivity contribution in [3.8, 4) is 5.75 Å². The van der Waals surface area contributed by atoms with E-state index < -0.39 is 24.5 Å². The van der Waals surface area contributed by atoms with Crippen molar-refractivity contribution >= 4 is 46.0 Å².